The number of hydrogen-bond donors (Lipinski definition) is 4. The minimum Gasteiger partial charge on any atom is -0.481 e. The van der Waals surface area contributed by atoms with E-state index in [1.807, 2.05) is 18.2 Å². The zero-order chi connectivity index (χ0) is 28.5. The number of rotatable bonds is 6. The Bertz CT molecular complexity index is 1400. The number of quaternary nitrogens is 1. The number of nitrogens with zero attached hydrogens (tertiary/aromatic N) is 2. The molecule has 4 amide bonds. The van der Waals surface area contributed by atoms with Crippen LogP contribution in [0.3, 0.4) is 0 Å². The predicted octanol–water partition coefficient (Wildman–Crippen LogP) is 3.04. The third-order valence-electron chi connectivity index (χ3n) is 11.2. The van der Waals surface area contributed by atoms with Gasteiger partial charge in [-0.25, -0.2) is 9.28 Å². The molecule has 4 aliphatic carbocycles. The molecule has 3 atom stereocenters. The number of primary amides is 1. The molecule has 1 aromatic heterocycles. The molecule has 218 valence electrons. The van der Waals surface area contributed by atoms with Gasteiger partial charge in [-0.2, -0.15) is 0 Å². The van der Waals surface area contributed by atoms with Crippen molar-refractivity contribution in [1.82, 2.24) is 15.2 Å². The maximum atomic E-state index is 14.8. The molecule has 41 heavy (non-hydrogen) atoms. The van der Waals surface area contributed by atoms with E-state index in [4.69, 9.17) is 10.8 Å². The molecule has 4 saturated carbocycles. The number of urea groups is 1. The topological polar surface area (TPSA) is 146 Å². The van der Waals surface area contributed by atoms with Crippen LogP contribution in [0.4, 0.5) is 4.79 Å². The number of hydrogen-bond acceptors (Lipinski definition) is 4. The largest absolute Gasteiger partial charge is 0.481 e. The van der Waals surface area contributed by atoms with Crippen molar-refractivity contribution in [2.75, 3.05) is 13.1 Å². The third kappa shape index (κ3) is 4.00. The quantitative estimate of drug-likeness (QED) is 0.400. The van der Waals surface area contributed by atoms with Gasteiger partial charge in [0.2, 0.25) is 5.91 Å². The second-order valence-corrected chi connectivity index (χ2v) is 13.5. The van der Waals surface area contributed by atoms with Gasteiger partial charge in [-0.15, -0.1) is 0 Å². The first kappa shape index (κ1) is 26.5. The Labute approximate surface area is 239 Å². The first-order valence-corrected chi connectivity index (χ1v) is 15.3. The highest BCUT2D eigenvalue weighted by molar-refractivity contribution is 5.92. The highest BCUT2D eigenvalue weighted by Gasteiger charge is 2.69. The molecule has 1 unspecified atom stereocenters. The normalized spacial score (nSPS) is 35.4. The van der Waals surface area contributed by atoms with E-state index in [0.717, 1.165) is 41.4 Å². The second kappa shape index (κ2) is 9.58. The number of carboxylic acid groups (broad SMARTS) is 1. The molecule has 1 saturated heterocycles. The Kier molecular flexibility index (Phi) is 6.19. The van der Waals surface area contributed by atoms with Crippen LogP contribution in [0.25, 0.3) is 10.9 Å². The van der Waals surface area contributed by atoms with Gasteiger partial charge in [-0.05, 0) is 61.5 Å². The van der Waals surface area contributed by atoms with Crippen LogP contribution in [-0.4, -0.2) is 74.0 Å². The van der Waals surface area contributed by atoms with E-state index in [-0.39, 0.29) is 34.8 Å². The number of carbonyl (C=O) groups excluding carboxylic acids is 3. The minimum absolute atomic E-state index is 0.0172. The first-order valence-electron chi connectivity index (χ1n) is 15.3. The predicted molar refractivity (Wildman–Crippen MR) is 150 cm³/mol. The lowest BCUT2D eigenvalue weighted by molar-refractivity contribution is -0.938. The SMILES string of the molecule is NC(=O)[N+]1(C23CC4CC(CC(C4)C2)C3)Cc2[nH]c3ccccc3c2C[C@@H]1C(=O)N1CCC[C@H]1C(=O)NCCC(=O)O. The van der Waals surface area contributed by atoms with Crippen LogP contribution in [-0.2, 0) is 27.3 Å². The van der Waals surface area contributed by atoms with Gasteiger partial charge < -0.3 is 26.0 Å². The number of carbonyl (C=O) groups is 4. The van der Waals surface area contributed by atoms with Crippen molar-refractivity contribution in [2.45, 2.75) is 88.4 Å². The number of benzene rings is 1. The van der Waals surface area contributed by atoms with E-state index < -0.39 is 24.1 Å². The van der Waals surface area contributed by atoms with Gasteiger partial charge >= 0.3 is 12.0 Å². The molecule has 0 spiro atoms. The van der Waals surface area contributed by atoms with E-state index in [9.17, 15) is 19.2 Å². The van der Waals surface area contributed by atoms with Crippen molar-refractivity contribution in [3.63, 3.8) is 0 Å². The van der Waals surface area contributed by atoms with Crippen molar-refractivity contribution < 1.29 is 28.8 Å². The van der Waals surface area contributed by atoms with Crippen molar-refractivity contribution in [2.24, 2.45) is 23.5 Å². The van der Waals surface area contributed by atoms with Gasteiger partial charge in [0.05, 0.1) is 12.1 Å². The summed E-state index contributed by atoms with van der Waals surface area (Å²) in [7, 11) is 0. The molecule has 6 aliphatic rings. The summed E-state index contributed by atoms with van der Waals surface area (Å²) in [6, 6.07) is 6.27. The van der Waals surface area contributed by atoms with Gasteiger partial charge in [-0.3, -0.25) is 14.4 Å². The van der Waals surface area contributed by atoms with Crippen LogP contribution >= 0.6 is 0 Å². The summed E-state index contributed by atoms with van der Waals surface area (Å²) >= 11 is 0. The number of nitrogens with two attached hydrogens (primary N) is 1. The molecule has 4 bridgehead atoms. The Morgan fingerprint density at radius 3 is 2.41 bits per heavy atom. The molecular formula is C31H40N5O5+. The molecular weight excluding hydrogens is 522 g/mol. The Morgan fingerprint density at radius 1 is 1.07 bits per heavy atom. The number of aromatic amines is 1. The van der Waals surface area contributed by atoms with E-state index in [2.05, 4.69) is 16.4 Å². The number of aliphatic carboxylic acids is 1. The fraction of sp³-hybridized carbons (Fsp3) is 0.613. The van der Waals surface area contributed by atoms with E-state index in [1.165, 1.54) is 19.3 Å². The third-order valence-corrected chi connectivity index (χ3v) is 11.2. The molecule has 10 nitrogen and oxygen atoms in total. The van der Waals surface area contributed by atoms with E-state index in [1.54, 1.807) is 4.90 Å². The Hall–Kier alpha value is -3.40. The average Bonchev–Trinajstić information content (AvgIpc) is 3.55. The highest BCUT2D eigenvalue weighted by atomic mass is 16.4. The maximum Gasteiger partial charge on any atom is 0.415 e. The first-order chi connectivity index (χ1) is 19.7. The zero-order valence-electron chi connectivity index (χ0n) is 23.4. The van der Waals surface area contributed by atoms with Crippen LogP contribution in [0, 0.1) is 17.8 Å². The lowest BCUT2D eigenvalue weighted by atomic mass is 9.51. The van der Waals surface area contributed by atoms with Gasteiger partial charge in [0.15, 0.2) is 6.04 Å². The molecule has 0 radical (unpaired) electrons. The van der Waals surface area contributed by atoms with Crippen molar-refractivity contribution >= 4 is 34.7 Å². The molecule has 8 rings (SSSR count). The number of fused-ring (bicyclic) bond motifs is 3. The zero-order valence-corrected chi connectivity index (χ0v) is 23.4. The van der Waals surface area contributed by atoms with Crippen LogP contribution in [0.1, 0.15) is 69.0 Å². The summed E-state index contributed by atoms with van der Waals surface area (Å²) in [4.78, 5) is 58.2. The van der Waals surface area contributed by atoms with Crippen LogP contribution in [0.15, 0.2) is 24.3 Å². The summed E-state index contributed by atoms with van der Waals surface area (Å²) in [5.74, 6) is 0.208. The molecule has 2 aliphatic heterocycles. The molecule has 10 heteroatoms. The Morgan fingerprint density at radius 2 is 1.76 bits per heavy atom. The summed E-state index contributed by atoms with van der Waals surface area (Å²) in [5.41, 5.74) is 9.18. The van der Waals surface area contributed by atoms with E-state index >= 15 is 0 Å². The molecule has 5 N–H and O–H groups in total. The number of carboxylic acids is 1. The van der Waals surface area contributed by atoms with Gasteiger partial charge in [-0.1, -0.05) is 18.2 Å². The number of aromatic nitrogens is 1. The van der Waals surface area contributed by atoms with Crippen molar-refractivity contribution in [1.29, 1.82) is 0 Å². The molecule has 3 heterocycles. The number of likely N-dealkylation sites (tertiary alicyclic amines) is 1. The summed E-state index contributed by atoms with van der Waals surface area (Å²) in [6.07, 6.45) is 7.79. The lowest BCUT2D eigenvalue weighted by Crippen LogP contribution is -2.79. The number of amides is 4. The van der Waals surface area contributed by atoms with Gasteiger partial charge in [0.25, 0.3) is 5.91 Å². The standard InChI is InChI=1S/C31H39N5O5/c32-30(41)36(31-14-18-10-19(15-31)12-20(11-18)16-31)17-24-22(21-4-1-2-5-23(21)34-24)13-26(36)29(40)35-9-3-6-25(35)28(39)33-8-7-27(37)38/h1-2,4-5,18-20,25-26,34H,3,6-17H2,(H3-,32,33,37,38,39,41)/p+1/t18?,19?,20?,25-,26+,31?,36?/m0/s1. The smallest absolute Gasteiger partial charge is 0.415 e. The van der Waals surface area contributed by atoms with Gasteiger partial charge in [0, 0.05) is 49.7 Å². The van der Waals surface area contributed by atoms with Crippen molar-refractivity contribution in [3.8, 4) is 0 Å². The monoisotopic (exact) mass is 562 g/mol. The molecule has 2 aromatic rings. The Balaban J connectivity index is 1.31. The maximum absolute atomic E-state index is 14.8. The number of H-pyrrole nitrogens is 1. The van der Waals surface area contributed by atoms with Crippen LogP contribution < -0.4 is 11.1 Å². The average molecular weight is 563 g/mol. The number of para-hydroxylation sites is 1. The van der Waals surface area contributed by atoms with Gasteiger partial charge in [0.1, 0.15) is 18.1 Å². The molecule has 5 fully saturated rings. The highest BCUT2D eigenvalue weighted by Crippen LogP contribution is 2.61. The van der Waals surface area contributed by atoms with Crippen LogP contribution in [0.5, 0.6) is 0 Å². The number of nitrogens with one attached hydrogen (secondary N) is 2. The summed E-state index contributed by atoms with van der Waals surface area (Å²) in [5, 5.41) is 12.8. The molecule has 1 aromatic carbocycles. The van der Waals surface area contributed by atoms with Crippen molar-refractivity contribution in [3.05, 3.63) is 35.5 Å². The lowest BCUT2D eigenvalue weighted by Gasteiger charge is -2.64. The minimum atomic E-state index is -0.986. The second-order valence-electron chi connectivity index (χ2n) is 13.5. The fourth-order valence-electron chi connectivity index (χ4n) is 10.0. The summed E-state index contributed by atoms with van der Waals surface area (Å²) in [6.45, 7) is 0.821. The van der Waals surface area contributed by atoms with E-state index in [0.29, 0.717) is 50.1 Å². The van der Waals surface area contributed by atoms with Crippen LogP contribution in [0.2, 0.25) is 0 Å². The fourth-order valence-corrected chi connectivity index (χ4v) is 10.0. The summed E-state index contributed by atoms with van der Waals surface area (Å²) < 4.78 is -0.0565.